The lowest BCUT2D eigenvalue weighted by atomic mass is 10.1. The highest BCUT2D eigenvalue weighted by molar-refractivity contribution is 5.76. The number of oxazole rings is 1. The second-order valence-corrected chi connectivity index (χ2v) is 5.09. The van der Waals surface area contributed by atoms with Crippen LogP contribution in [0, 0.1) is 0 Å². The monoisotopic (exact) mass is 260 g/mol. The summed E-state index contributed by atoms with van der Waals surface area (Å²) in [4.78, 5) is 6.54. The Morgan fingerprint density at radius 1 is 1.53 bits per heavy atom. The number of anilines is 1. The summed E-state index contributed by atoms with van der Waals surface area (Å²) in [5.74, 6) is 0. The first kappa shape index (κ1) is 12.4. The number of piperazine rings is 1. The van der Waals surface area contributed by atoms with Crippen LogP contribution in [0.25, 0.3) is 11.1 Å². The molecule has 1 atom stereocenters. The molecule has 0 radical (unpaired) electrons. The van der Waals surface area contributed by atoms with Gasteiger partial charge >= 0.3 is 0 Å². The minimum absolute atomic E-state index is 0.621. The molecule has 2 heterocycles. The van der Waals surface area contributed by atoms with E-state index in [0.717, 1.165) is 49.4 Å². The Labute approximate surface area is 113 Å². The largest absolute Gasteiger partial charge is 0.443 e. The Morgan fingerprint density at radius 3 is 3.37 bits per heavy atom. The van der Waals surface area contributed by atoms with Crippen molar-refractivity contribution in [2.45, 2.75) is 12.5 Å². The fourth-order valence-electron chi connectivity index (χ4n) is 2.53. The van der Waals surface area contributed by atoms with Crippen LogP contribution >= 0.6 is 0 Å². The van der Waals surface area contributed by atoms with Gasteiger partial charge in [-0.3, -0.25) is 0 Å². The molecule has 5 nitrogen and oxygen atoms in total. The van der Waals surface area contributed by atoms with Crippen LogP contribution in [-0.4, -0.2) is 49.2 Å². The van der Waals surface area contributed by atoms with Gasteiger partial charge in [0.25, 0.3) is 0 Å². The van der Waals surface area contributed by atoms with E-state index in [-0.39, 0.29) is 0 Å². The van der Waals surface area contributed by atoms with Gasteiger partial charge in [0.1, 0.15) is 5.52 Å². The van der Waals surface area contributed by atoms with Gasteiger partial charge in [-0.25, -0.2) is 4.98 Å². The zero-order chi connectivity index (χ0) is 13.1. The molecule has 5 heteroatoms. The molecule has 1 unspecified atom stereocenters. The minimum Gasteiger partial charge on any atom is -0.443 e. The number of nitrogens with one attached hydrogen (secondary N) is 2. The van der Waals surface area contributed by atoms with Crippen LogP contribution < -0.4 is 10.6 Å². The van der Waals surface area contributed by atoms with E-state index >= 15 is 0 Å². The molecular formula is C14H20N4O. The molecule has 1 aliphatic heterocycles. The van der Waals surface area contributed by atoms with Gasteiger partial charge in [-0.05, 0) is 25.6 Å². The maximum absolute atomic E-state index is 5.30. The van der Waals surface area contributed by atoms with Crippen molar-refractivity contribution in [3.05, 3.63) is 24.6 Å². The Morgan fingerprint density at radius 2 is 2.47 bits per heavy atom. The van der Waals surface area contributed by atoms with E-state index in [1.807, 2.05) is 18.2 Å². The average Bonchev–Trinajstić information content (AvgIpc) is 2.88. The summed E-state index contributed by atoms with van der Waals surface area (Å²) in [5.41, 5.74) is 2.83. The standard InChI is InChI=1S/C14H20N4O/c1-18-7-6-15-9-12(18)4-5-16-11-2-3-13-14(8-11)19-10-17-13/h2-3,8,10,12,15-16H,4-7,9H2,1H3. The molecule has 1 saturated heterocycles. The SMILES string of the molecule is CN1CCNCC1CCNc1ccc2ncoc2c1. The highest BCUT2D eigenvalue weighted by Gasteiger charge is 2.17. The molecule has 0 spiro atoms. The van der Waals surface area contributed by atoms with Gasteiger partial charge in [0.2, 0.25) is 0 Å². The quantitative estimate of drug-likeness (QED) is 0.873. The van der Waals surface area contributed by atoms with E-state index in [2.05, 4.69) is 27.6 Å². The van der Waals surface area contributed by atoms with E-state index in [1.165, 1.54) is 6.39 Å². The second kappa shape index (κ2) is 5.59. The maximum Gasteiger partial charge on any atom is 0.181 e. The van der Waals surface area contributed by atoms with Crippen LogP contribution in [0.4, 0.5) is 5.69 Å². The number of hydrogen-bond acceptors (Lipinski definition) is 5. The predicted molar refractivity (Wildman–Crippen MR) is 76.4 cm³/mol. The Hall–Kier alpha value is -1.59. The summed E-state index contributed by atoms with van der Waals surface area (Å²) >= 11 is 0. The fourth-order valence-corrected chi connectivity index (χ4v) is 2.53. The van der Waals surface area contributed by atoms with Crippen molar-refractivity contribution in [3.8, 4) is 0 Å². The zero-order valence-electron chi connectivity index (χ0n) is 11.2. The topological polar surface area (TPSA) is 53.3 Å². The van der Waals surface area contributed by atoms with Crippen molar-refractivity contribution in [2.75, 3.05) is 38.5 Å². The van der Waals surface area contributed by atoms with Crippen molar-refractivity contribution in [1.82, 2.24) is 15.2 Å². The average molecular weight is 260 g/mol. The number of nitrogens with zero attached hydrogens (tertiary/aromatic N) is 2. The molecule has 1 aromatic carbocycles. The Balaban J connectivity index is 1.53. The van der Waals surface area contributed by atoms with Crippen LogP contribution in [0.15, 0.2) is 29.0 Å². The summed E-state index contributed by atoms with van der Waals surface area (Å²) < 4.78 is 5.30. The zero-order valence-corrected chi connectivity index (χ0v) is 11.2. The van der Waals surface area contributed by atoms with Crippen molar-refractivity contribution in [1.29, 1.82) is 0 Å². The third-order valence-corrected chi connectivity index (χ3v) is 3.78. The van der Waals surface area contributed by atoms with Gasteiger partial charge in [-0.1, -0.05) is 0 Å². The molecule has 0 saturated carbocycles. The van der Waals surface area contributed by atoms with Crippen molar-refractivity contribution >= 4 is 16.8 Å². The smallest absolute Gasteiger partial charge is 0.181 e. The van der Waals surface area contributed by atoms with Crippen molar-refractivity contribution < 1.29 is 4.42 Å². The number of hydrogen-bond donors (Lipinski definition) is 2. The molecule has 0 bridgehead atoms. The molecule has 2 N–H and O–H groups in total. The van der Waals surface area contributed by atoms with E-state index < -0.39 is 0 Å². The summed E-state index contributed by atoms with van der Waals surface area (Å²) in [6, 6.07) is 6.66. The van der Waals surface area contributed by atoms with Gasteiger partial charge in [0, 0.05) is 44.0 Å². The molecule has 3 rings (SSSR count). The normalized spacial score (nSPS) is 20.8. The number of benzene rings is 1. The van der Waals surface area contributed by atoms with E-state index in [1.54, 1.807) is 0 Å². The van der Waals surface area contributed by atoms with E-state index in [4.69, 9.17) is 4.42 Å². The number of likely N-dealkylation sites (N-methyl/N-ethyl adjacent to an activating group) is 1. The van der Waals surface area contributed by atoms with E-state index in [0.29, 0.717) is 6.04 Å². The van der Waals surface area contributed by atoms with Crippen LogP contribution in [-0.2, 0) is 0 Å². The first-order valence-electron chi connectivity index (χ1n) is 6.81. The summed E-state index contributed by atoms with van der Waals surface area (Å²) in [6.45, 7) is 4.28. The lowest BCUT2D eigenvalue weighted by molar-refractivity contribution is 0.194. The number of rotatable bonds is 4. The van der Waals surface area contributed by atoms with Crippen LogP contribution in [0.5, 0.6) is 0 Å². The molecule has 19 heavy (non-hydrogen) atoms. The predicted octanol–water partition coefficient (Wildman–Crippen LogP) is 1.53. The molecule has 102 valence electrons. The lowest BCUT2D eigenvalue weighted by Gasteiger charge is -2.33. The Bertz CT molecular complexity index is 539. The van der Waals surface area contributed by atoms with Gasteiger partial charge in [-0.15, -0.1) is 0 Å². The molecule has 1 fully saturated rings. The van der Waals surface area contributed by atoms with Gasteiger partial charge in [0.15, 0.2) is 12.0 Å². The number of aromatic nitrogens is 1. The van der Waals surface area contributed by atoms with Gasteiger partial charge in [0.05, 0.1) is 0 Å². The lowest BCUT2D eigenvalue weighted by Crippen LogP contribution is -2.49. The first-order valence-corrected chi connectivity index (χ1v) is 6.81. The van der Waals surface area contributed by atoms with Gasteiger partial charge in [-0.2, -0.15) is 0 Å². The summed E-state index contributed by atoms with van der Waals surface area (Å²) in [5, 5.41) is 6.89. The van der Waals surface area contributed by atoms with Crippen LogP contribution in [0.3, 0.4) is 0 Å². The van der Waals surface area contributed by atoms with E-state index in [9.17, 15) is 0 Å². The van der Waals surface area contributed by atoms with Crippen molar-refractivity contribution in [3.63, 3.8) is 0 Å². The third-order valence-electron chi connectivity index (χ3n) is 3.78. The van der Waals surface area contributed by atoms with Crippen LogP contribution in [0.2, 0.25) is 0 Å². The fraction of sp³-hybridized carbons (Fsp3) is 0.500. The van der Waals surface area contributed by atoms with Crippen molar-refractivity contribution in [2.24, 2.45) is 0 Å². The summed E-state index contributed by atoms with van der Waals surface area (Å²) in [7, 11) is 2.20. The molecule has 2 aromatic rings. The molecule has 1 aliphatic rings. The van der Waals surface area contributed by atoms with Gasteiger partial charge < -0.3 is 20.0 Å². The molecule has 1 aromatic heterocycles. The molecular weight excluding hydrogens is 240 g/mol. The maximum atomic E-state index is 5.30. The molecule has 0 aliphatic carbocycles. The van der Waals surface area contributed by atoms with Crippen LogP contribution in [0.1, 0.15) is 6.42 Å². The highest BCUT2D eigenvalue weighted by atomic mass is 16.3. The second-order valence-electron chi connectivity index (χ2n) is 5.09. The third kappa shape index (κ3) is 2.88. The summed E-state index contributed by atoms with van der Waals surface area (Å²) in [6.07, 6.45) is 2.62. The highest BCUT2D eigenvalue weighted by Crippen LogP contribution is 2.18. The number of fused-ring (bicyclic) bond motifs is 1. The first-order chi connectivity index (χ1) is 9.33. The Kier molecular flexibility index (Phi) is 3.66. The molecule has 0 amide bonds. The minimum atomic E-state index is 0.621.